The van der Waals surface area contributed by atoms with E-state index in [9.17, 15) is 0 Å². The molecule has 5 heteroatoms. The van der Waals surface area contributed by atoms with Gasteiger partial charge in [-0.05, 0) is 11.3 Å². The van der Waals surface area contributed by atoms with Gasteiger partial charge >= 0.3 is 0 Å². The van der Waals surface area contributed by atoms with Crippen LogP contribution in [0.3, 0.4) is 0 Å². The van der Waals surface area contributed by atoms with E-state index in [0.717, 1.165) is 25.3 Å². The quantitative estimate of drug-likeness (QED) is 0.745. The van der Waals surface area contributed by atoms with Crippen LogP contribution < -0.4 is 11.1 Å². The zero-order valence-electron chi connectivity index (χ0n) is 11.4. The van der Waals surface area contributed by atoms with Gasteiger partial charge in [-0.3, -0.25) is 4.68 Å². The molecule has 0 atom stereocenters. The third-order valence-corrected chi connectivity index (χ3v) is 3.39. The van der Waals surface area contributed by atoms with E-state index in [1.165, 1.54) is 0 Å². The molecule has 0 radical (unpaired) electrons. The average molecular weight is 239 g/mol. The Labute approximate surface area is 104 Å². The zero-order valence-corrected chi connectivity index (χ0v) is 11.4. The van der Waals surface area contributed by atoms with Crippen molar-refractivity contribution in [1.82, 2.24) is 20.3 Å². The highest BCUT2D eigenvalue weighted by atomic mass is 15.4. The van der Waals surface area contributed by atoms with Crippen LogP contribution in [0.15, 0.2) is 6.20 Å². The van der Waals surface area contributed by atoms with Crippen molar-refractivity contribution in [3.05, 3.63) is 11.9 Å². The summed E-state index contributed by atoms with van der Waals surface area (Å²) in [5, 5.41) is 11.5. The van der Waals surface area contributed by atoms with Crippen LogP contribution in [0, 0.1) is 11.3 Å². The number of hydrogen-bond donors (Lipinski definition) is 2. The van der Waals surface area contributed by atoms with E-state index in [-0.39, 0.29) is 0 Å². The lowest BCUT2D eigenvalue weighted by Gasteiger charge is -2.29. The maximum absolute atomic E-state index is 5.46. The van der Waals surface area contributed by atoms with Crippen LogP contribution in [-0.4, -0.2) is 28.1 Å². The number of rotatable bonds is 7. The highest BCUT2D eigenvalue weighted by Crippen LogP contribution is 2.24. The molecule has 0 aliphatic carbocycles. The van der Waals surface area contributed by atoms with Crippen molar-refractivity contribution >= 4 is 0 Å². The lowest BCUT2D eigenvalue weighted by atomic mass is 9.81. The molecule has 0 spiro atoms. The molecule has 3 N–H and O–H groups in total. The molecule has 0 saturated heterocycles. The summed E-state index contributed by atoms with van der Waals surface area (Å²) >= 11 is 0. The number of nitrogens with zero attached hydrogens (tertiary/aromatic N) is 3. The standard InChI is InChI=1S/C12H25N5/c1-10(2)12(3,4)9-14-7-11-8-17(6-5-13)16-15-11/h8,10,14H,5-7,9,13H2,1-4H3. The molecule has 5 nitrogen and oxygen atoms in total. The van der Waals surface area contributed by atoms with Crippen molar-refractivity contribution < 1.29 is 0 Å². The minimum atomic E-state index is 0.299. The highest BCUT2D eigenvalue weighted by Gasteiger charge is 2.21. The molecule has 98 valence electrons. The van der Waals surface area contributed by atoms with Crippen molar-refractivity contribution in [3.8, 4) is 0 Å². The van der Waals surface area contributed by atoms with Crippen molar-refractivity contribution in [2.75, 3.05) is 13.1 Å². The topological polar surface area (TPSA) is 68.8 Å². The van der Waals surface area contributed by atoms with Gasteiger partial charge in [-0.2, -0.15) is 0 Å². The third-order valence-electron chi connectivity index (χ3n) is 3.39. The van der Waals surface area contributed by atoms with Crippen molar-refractivity contribution in [3.63, 3.8) is 0 Å². The van der Waals surface area contributed by atoms with Gasteiger partial charge in [-0.1, -0.05) is 32.9 Å². The minimum Gasteiger partial charge on any atom is -0.329 e. The van der Waals surface area contributed by atoms with Gasteiger partial charge in [0.2, 0.25) is 0 Å². The fourth-order valence-electron chi connectivity index (χ4n) is 1.38. The smallest absolute Gasteiger partial charge is 0.0964 e. The summed E-state index contributed by atoms with van der Waals surface area (Å²) in [7, 11) is 0. The molecular formula is C12H25N5. The molecule has 0 fully saturated rings. The highest BCUT2D eigenvalue weighted by molar-refractivity contribution is 4.92. The zero-order chi connectivity index (χ0) is 12.9. The van der Waals surface area contributed by atoms with Crippen LogP contribution in [0.1, 0.15) is 33.4 Å². The Morgan fingerprint density at radius 3 is 2.76 bits per heavy atom. The number of nitrogens with two attached hydrogens (primary N) is 1. The summed E-state index contributed by atoms with van der Waals surface area (Å²) in [6.07, 6.45) is 1.95. The second-order valence-corrected chi connectivity index (χ2v) is 5.51. The second kappa shape index (κ2) is 6.12. The van der Waals surface area contributed by atoms with Crippen molar-refractivity contribution in [2.24, 2.45) is 17.1 Å². The molecule has 0 bridgehead atoms. The van der Waals surface area contributed by atoms with E-state index in [2.05, 4.69) is 43.3 Å². The summed E-state index contributed by atoms with van der Waals surface area (Å²) in [5.41, 5.74) is 6.73. The molecule has 0 unspecified atom stereocenters. The Kier molecular flexibility index (Phi) is 5.08. The van der Waals surface area contributed by atoms with Crippen LogP contribution in [0.5, 0.6) is 0 Å². The van der Waals surface area contributed by atoms with Crippen molar-refractivity contribution in [2.45, 2.75) is 40.8 Å². The first-order chi connectivity index (χ1) is 7.95. The summed E-state index contributed by atoms with van der Waals surface area (Å²) < 4.78 is 1.78. The summed E-state index contributed by atoms with van der Waals surface area (Å²) in [4.78, 5) is 0. The van der Waals surface area contributed by atoms with Gasteiger partial charge in [-0.15, -0.1) is 5.10 Å². The lowest BCUT2D eigenvalue weighted by Crippen LogP contribution is -2.33. The van der Waals surface area contributed by atoms with Crippen LogP contribution >= 0.6 is 0 Å². The van der Waals surface area contributed by atoms with Gasteiger partial charge in [-0.25, -0.2) is 0 Å². The van der Waals surface area contributed by atoms with Crippen LogP contribution in [0.4, 0.5) is 0 Å². The fourth-order valence-corrected chi connectivity index (χ4v) is 1.38. The maximum Gasteiger partial charge on any atom is 0.0964 e. The summed E-state index contributed by atoms with van der Waals surface area (Å²) in [6.45, 7) is 12.1. The molecule has 1 aromatic rings. The Morgan fingerprint density at radius 1 is 1.47 bits per heavy atom. The van der Waals surface area contributed by atoms with E-state index in [0.29, 0.717) is 17.9 Å². The van der Waals surface area contributed by atoms with Gasteiger partial charge in [0.1, 0.15) is 0 Å². The molecule has 0 aromatic carbocycles. The third kappa shape index (κ3) is 4.44. The first-order valence-electron chi connectivity index (χ1n) is 6.25. The van der Waals surface area contributed by atoms with Crippen LogP contribution in [0.2, 0.25) is 0 Å². The van der Waals surface area contributed by atoms with E-state index in [4.69, 9.17) is 5.73 Å². The molecule has 0 saturated carbocycles. The average Bonchev–Trinajstić information content (AvgIpc) is 2.66. The molecule has 1 heterocycles. The summed E-state index contributed by atoms with van der Waals surface area (Å²) in [5.74, 6) is 0.655. The number of nitrogens with one attached hydrogen (secondary N) is 1. The molecule has 0 aliphatic rings. The predicted octanol–water partition coefficient (Wildman–Crippen LogP) is 1.01. The van der Waals surface area contributed by atoms with Crippen LogP contribution in [0.25, 0.3) is 0 Å². The molecule has 0 aliphatic heterocycles. The number of aromatic nitrogens is 3. The molecule has 17 heavy (non-hydrogen) atoms. The van der Waals surface area contributed by atoms with Gasteiger partial charge in [0.25, 0.3) is 0 Å². The normalized spacial score (nSPS) is 12.4. The van der Waals surface area contributed by atoms with Gasteiger partial charge in [0, 0.05) is 25.8 Å². The fraction of sp³-hybridized carbons (Fsp3) is 0.833. The van der Waals surface area contributed by atoms with Gasteiger partial charge < -0.3 is 11.1 Å². The van der Waals surface area contributed by atoms with Crippen molar-refractivity contribution in [1.29, 1.82) is 0 Å². The minimum absolute atomic E-state index is 0.299. The second-order valence-electron chi connectivity index (χ2n) is 5.51. The van der Waals surface area contributed by atoms with E-state index < -0.39 is 0 Å². The predicted molar refractivity (Wildman–Crippen MR) is 69.4 cm³/mol. The van der Waals surface area contributed by atoms with Gasteiger partial charge in [0.05, 0.1) is 12.2 Å². The maximum atomic E-state index is 5.46. The SMILES string of the molecule is CC(C)C(C)(C)CNCc1cn(CCN)nn1. The largest absolute Gasteiger partial charge is 0.329 e. The van der Waals surface area contributed by atoms with Crippen LogP contribution in [-0.2, 0) is 13.1 Å². The first kappa shape index (κ1) is 14.1. The monoisotopic (exact) mass is 239 g/mol. The van der Waals surface area contributed by atoms with E-state index in [1.807, 2.05) is 6.20 Å². The molecule has 1 aromatic heterocycles. The molecule has 1 rings (SSSR count). The lowest BCUT2D eigenvalue weighted by molar-refractivity contribution is 0.237. The Bertz CT molecular complexity index is 329. The molecular weight excluding hydrogens is 214 g/mol. The Balaban J connectivity index is 2.35. The van der Waals surface area contributed by atoms with Gasteiger partial charge in [0.15, 0.2) is 0 Å². The summed E-state index contributed by atoms with van der Waals surface area (Å²) in [6, 6.07) is 0. The number of hydrogen-bond acceptors (Lipinski definition) is 4. The first-order valence-corrected chi connectivity index (χ1v) is 6.25. The van der Waals surface area contributed by atoms with E-state index >= 15 is 0 Å². The molecule has 0 amide bonds. The van der Waals surface area contributed by atoms with E-state index in [1.54, 1.807) is 4.68 Å². The Hall–Kier alpha value is -0.940. The Morgan fingerprint density at radius 2 is 2.18 bits per heavy atom.